The summed E-state index contributed by atoms with van der Waals surface area (Å²) in [5.41, 5.74) is 1.15. The van der Waals surface area contributed by atoms with E-state index >= 15 is 0 Å². The van der Waals surface area contributed by atoms with Gasteiger partial charge in [0.2, 0.25) is 5.91 Å². The molecule has 1 aromatic heterocycles. The molecule has 2 amide bonds. The van der Waals surface area contributed by atoms with Crippen molar-refractivity contribution in [3.8, 4) is 5.75 Å². The Morgan fingerprint density at radius 2 is 1.73 bits per heavy atom. The lowest BCUT2D eigenvalue weighted by Crippen LogP contribution is -2.65. The highest BCUT2D eigenvalue weighted by Crippen LogP contribution is 2.41. The number of benzene rings is 1. The van der Waals surface area contributed by atoms with Gasteiger partial charge in [0, 0.05) is 17.6 Å². The van der Waals surface area contributed by atoms with Crippen LogP contribution < -0.4 is 15.0 Å². The molecule has 0 bridgehead atoms. The molecule has 2 aliphatic carbocycles. The van der Waals surface area contributed by atoms with E-state index in [1.165, 1.54) is 19.3 Å². The number of carbonyl (C=O) groups is 2. The largest absolute Gasteiger partial charge is 0.497 e. The van der Waals surface area contributed by atoms with Gasteiger partial charge in [-0.3, -0.25) is 19.2 Å². The van der Waals surface area contributed by atoms with Crippen molar-refractivity contribution in [2.45, 2.75) is 88.8 Å². The molecule has 1 N–H and O–H groups in total. The molecule has 2 aromatic rings. The van der Waals surface area contributed by atoms with Crippen LogP contribution in [0.25, 0.3) is 0 Å². The number of anilines is 1. The maximum absolute atomic E-state index is 13.8. The van der Waals surface area contributed by atoms with Crippen molar-refractivity contribution in [3.05, 3.63) is 41.7 Å². The quantitative estimate of drug-likeness (QED) is 0.732. The molecule has 5 rings (SSSR count). The average Bonchev–Trinajstić information content (AvgIpc) is 3.55. The second-order valence-corrected chi connectivity index (χ2v) is 10.0. The van der Waals surface area contributed by atoms with Gasteiger partial charge in [0.25, 0.3) is 5.91 Å². The number of rotatable bonds is 5. The molecule has 0 saturated heterocycles. The maximum atomic E-state index is 13.8. The monoisotopic (exact) mass is 450 g/mol. The second kappa shape index (κ2) is 8.84. The normalized spacial score (nSPS) is 24.1. The summed E-state index contributed by atoms with van der Waals surface area (Å²) in [7, 11) is 1.62. The summed E-state index contributed by atoms with van der Waals surface area (Å²) in [5.74, 6) is 0.873. The molecule has 1 aromatic carbocycles. The van der Waals surface area contributed by atoms with Gasteiger partial charge in [0.15, 0.2) is 0 Å². The van der Waals surface area contributed by atoms with Crippen LogP contribution in [0.1, 0.15) is 86.8 Å². The zero-order valence-corrected chi connectivity index (χ0v) is 19.7. The number of ether oxygens (including phenoxy) is 1. The molecule has 7 nitrogen and oxygen atoms in total. The summed E-state index contributed by atoms with van der Waals surface area (Å²) in [5, 5.41) is 8.05. The Morgan fingerprint density at radius 3 is 2.36 bits per heavy atom. The molecule has 2 heterocycles. The van der Waals surface area contributed by atoms with Gasteiger partial charge in [-0.25, -0.2) is 0 Å². The molecule has 2 saturated carbocycles. The molecule has 0 unspecified atom stereocenters. The first kappa shape index (κ1) is 22.0. The van der Waals surface area contributed by atoms with Crippen LogP contribution in [-0.4, -0.2) is 40.3 Å². The molecule has 7 heteroatoms. The molecule has 3 aliphatic rings. The minimum absolute atomic E-state index is 0.105. The van der Waals surface area contributed by atoms with Crippen molar-refractivity contribution in [1.29, 1.82) is 0 Å². The molecule has 1 aliphatic heterocycles. The molecule has 2 fully saturated rings. The molecule has 1 atom stereocenters. The average molecular weight is 451 g/mol. The van der Waals surface area contributed by atoms with Crippen molar-refractivity contribution >= 4 is 17.5 Å². The Balaban J connectivity index is 1.49. The van der Waals surface area contributed by atoms with Crippen LogP contribution in [0.3, 0.4) is 0 Å². The fourth-order valence-corrected chi connectivity index (χ4v) is 5.26. The molecule has 0 radical (unpaired) electrons. The van der Waals surface area contributed by atoms with Crippen LogP contribution in [0.4, 0.5) is 5.69 Å². The summed E-state index contributed by atoms with van der Waals surface area (Å²) in [4.78, 5) is 29.3. The van der Waals surface area contributed by atoms with Gasteiger partial charge in [-0.15, -0.1) is 0 Å². The zero-order valence-electron chi connectivity index (χ0n) is 19.7. The van der Waals surface area contributed by atoms with Crippen LogP contribution in [0.5, 0.6) is 5.75 Å². The van der Waals surface area contributed by atoms with Gasteiger partial charge in [-0.05, 0) is 62.9 Å². The number of carbonyl (C=O) groups excluding carboxylic acids is 2. The first-order chi connectivity index (χ1) is 16.0. The molecule has 33 heavy (non-hydrogen) atoms. The SMILES string of the molecule is COc1ccc(N2C(=O)c3cc(C4CC4)nn3C[C@]2(C)C(=O)NC2CCCCCCC2)cc1. The summed E-state index contributed by atoms with van der Waals surface area (Å²) >= 11 is 0. The number of hydrogen-bond donors (Lipinski definition) is 1. The van der Waals surface area contributed by atoms with Crippen LogP contribution in [0, 0.1) is 0 Å². The third-order valence-electron chi connectivity index (χ3n) is 7.43. The van der Waals surface area contributed by atoms with E-state index in [1.807, 2.05) is 37.3 Å². The van der Waals surface area contributed by atoms with Gasteiger partial charge in [0.1, 0.15) is 17.0 Å². The van der Waals surface area contributed by atoms with Gasteiger partial charge >= 0.3 is 0 Å². The third-order valence-corrected chi connectivity index (χ3v) is 7.43. The molecule has 176 valence electrons. The number of nitrogens with one attached hydrogen (secondary N) is 1. The molecular weight excluding hydrogens is 416 g/mol. The van der Waals surface area contributed by atoms with Crippen molar-refractivity contribution in [3.63, 3.8) is 0 Å². The number of amides is 2. The Hall–Kier alpha value is -2.83. The van der Waals surface area contributed by atoms with Gasteiger partial charge in [-0.2, -0.15) is 5.10 Å². The first-order valence-corrected chi connectivity index (χ1v) is 12.4. The van der Waals surface area contributed by atoms with E-state index in [-0.39, 0.29) is 17.9 Å². The Kier molecular flexibility index (Phi) is 5.89. The number of fused-ring (bicyclic) bond motifs is 1. The molecular formula is C26H34N4O3. The maximum Gasteiger partial charge on any atom is 0.277 e. The van der Waals surface area contributed by atoms with Gasteiger partial charge < -0.3 is 10.1 Å². The van der Waals surface area contributed by atoms with Gasteiger partial charge in [0.05, 0.1) is 19.3 Å². The van der Waals surface area contributed by atoms with E-state index in [9.17, 15) is 9.59 Å². The van der Waals surface area contributed by atoms with Crippen LogP contribution >= 0.6 is 0 Å². The number of methoxy groups -OCH3 is 1. The fraction of sp³-hybridized carbons (Fsp3) is 0.577. The number of nitrogens with zero attached hydrogens (tertiary/aromatic N) is 3. The Morgan fingerprint density at radius 1 is 1.06 bits per heavy atom. The number of aromatic nitrogens is 2. The second-order valence-electron chi connectivity index (χ2n) is 10.0. The van der Waals surface area contributed by atoms with Crippen molar-refractivity contribution < 1.29 is 14.3 Å². The minimum atomic E-state index is -1.08. The zero-order chi connectivity index (χ0) is 23.0. The van der Waals surface area contributed by atoms with Crippen molar-refractivity contribution in [2.75, 3.05) is 12.0 Å². The lowest BCUT2D eigenvalue weighted by atomic mass is 9.91. The minimum Gasteiger partial charge on any atom is -0.497 e. The predicted molar refractivity (Wildman–Crippen MR) is 127 cm³/mol. The fourth-order valence-electron chi connectivity index (χ4n) is 5.26. The first-order valence-electron chi connectivity index (χ1n) is 12.4. The smallest absolute Gasteiger partial charge is 0.277 e. The van der Waals surface area contributed by atoms with Crippen LogP contribution in [0.15, 0.2) is 30.3 Å². The summed E-state index contributed by atoms with van der Waals surface area (Å²) in [6.07, 6.45) is 10.2. The molecule has 0 spiro atoms. The lowest BCUT2D eigenvalue weighted by molar-refractivity contribution is -0.127. The Bertz CT molecular complexity index is 1020. The number of hydrogen-bond acceptors (Lipinski definition) is 4. The Labute approximate surface area is 195 Å². The topological polar surface area (TPSA) is 76.5 Å². The standard InChI is InChI=1S/C26H34N4O3/c1-26(25(32)27-19-8-6-4-3-5-7-9-19)17-29-23(16-22(28-29)18-10-11-18)24(31)30(26)20-12-14-21(33-2)15-13-20/h12-16,18-19H,3-11,17H2,1-2H3,(H,27,32)/t26-/m1/s1. The van der Waals surface area contributed by atoms with E-state index in [4.69, 9.17) is 9.84 Å². The van der Waals surface area contributed by atoms with Crippen LogP contribution in [0.2, 0.25) is 0 Å². The van der Waals surface area contributed by atoms with E-state index in [2.05, 4.69) is 5.32 Å². The van der Waals surface area contributed by atoms with E-state index in [0.717, 1.165) is 44.2 Å². The lowest BCUT2D eigenvalue weighted by Gasteiger charge is -2.43. The van der Waals surface area contributed by atoms with Crippen molar-refractivity contribution in [1.82, 2.24) is 15.1 Å². The van der Waals surface area contributed by atoms with E-state index in [1.54, 1.807) is 16.7 Å². The van der Waals surface area contributed by atoms with Crippen LogP contribution in [-0.2, 0) is 11.3 Å². The third kappa shape index (κ3) is 4.25. The van der Waals surface area contributed by atoms with Crippen molar-refractivity contribution in [2.24, 2.45) is 0 Å². The summed E-state index contributed by atoms with van der Waals surface area (Å²) in [6.45, 7) is 2.21. The highest BCUT2D eigenvalue weighted by molar-refractivity contribution is 6.11. The predicted octanol–water partition coefficient (Wildman–Crippen LogP) is 4.42. The highest BCUT2D eigenvalue weighted by atomic mass is 16.5. The van der Waals surface area contributed by atoms with E-state index in [0.29, 0.717) is 29.6 Å². The van der Waals surface area contributed by atoms with E-state index < -0.39 is 5.54 Å². The summed E-state index contributed by atoms with van der Waals surface area (Å²) < 4.78 is 7.06. The summed E-state index contributed by atoms with van der Waals surface area (Å²) in [6, 6.07) is 9.44. The van der Waals surface area contributed by atoms with Gasteiger partial charge in [-0.1, -0.05) is 32.1 Å². The highest BCUT2D eigenvalue weighted by Gasteiger charge is 2.49.